The molecule has 1 amide bonds. The summed E-state index contributed by atoms with van der Waals surface area (Å²) in [6.07, 6.45) is 5.31. The van der Waals surface area contributed by atoms with Crippen LogP contribution in [-0.2, 0) is 7.05 Å². The van der Waals surface area contributed by atoms with E-state index < -0.39 is 0 Å². The van der Waals surface area contributed by atoms with Crippen LogP contribution < -0.4 is 5.32 Å². The molecule has 0 spiro atoms. The van der Waals surface area contributed by atoms with Crippen molar-refractivity contribution in [1.82, 2.24) is 34.3 Å². The molecule has 0 saturated carbocycles. The van der Waals surface area contributed by atoms with Gasteiger partial charge in [-0.25, -0.2) is 15.0 Å². The molecule has 4 aromatic rings. The quantitative estimate of drug-likeness (QED) is 0.418. The van der Waals surface area contributed by atoms with E-state index in [-0.39, 0.29) is 5.91 Å². The number of nitrogens with zero attached hydrogens (tertiary/aromatic N) is 6. The van der Waals surface area contributed by atoms with Crippen molar-refractivity contribution in [2.75, 3.05) is 31.5 Å². The molecule has 2 N–H and O–H groups in total. The SMILES string of the molecule is CCN(CC)C1CN(C(=O)c2cc3cc(Nc4nccc(-c5cn(C)cn5)n4)cc(Cl)c3[nH]2)C1. The molecule has 1 saturated heterocycles. The van der Waals surface area contributed by atoms with Crippen molar-refractivity contribution < 1.29 is 4.79 Å². The lowest BCUT2D eigenvalue weighted by Crippen LogP contribution is -2.61. The van der Waals surface area contributed by atoms with Crippen LogP contribution in [0.1, 0.15) is 24.3 Å². The summed E-state index contributed by atoms with van der Waals surface area (Å²) < 4.78 is 1.87. The number of aryl methyl sites for hydroxylation is 1. The van der Waals surface area contributed by atoms with E-state index in [2.05, 4.69) is 44.0 Å². The minimum Gasteiger partial charge on any atom is -0.349 e. The van der Waals surface area contributed by atoms with Crippen molar-refractivity contribution in [3.63, 3.8) is 0 Å². The number of rotatable bonds is 7. The van der Waals surface area contributed by atoms with E-state index in [1.54, 1.807) is 18.6 Å². The van der Waals surface area contributed by atoms with E-state index >= 15 is 0 Å². The van der Waals surface area contributed by atoms with Crippen molar-refractivity contribution in [3.05, 3.63) is 53.7 Å². The van der Waals surface area contributed by atoms with E-state index in [0.29, 0.717) is 22.7 Å². The van der Waals surface area contributed by atoms with Crippen molar-refractivity contribution in [1.29, 1.82) is 0 Å². The predicted octanol–water partition coefficient (Wildman–Crippen LogP) is 3.92. The van der Waals surface area contributed by atoms with Crippen LogP contribution in [0.15, 0.2) is 43.0 Å². The number of aromatic amines is 1. The third kappa shape index (κ3) is 4.24. The molecule has 34 heavy (non-hydrogen) atoms. The van der Waals surface area contributed by atoms with E-state index in [0.717, 1.165) is 54.2 Å². The third-order valence-electron chi connectivity index (χ3n) is 6.27. The van der Waals surface area contributed by atoms with Crippen molar-refractivity contribution in [2.45, 2.75) is 19.9 Å². The summed E-state index contributed by atoms with van der Waals surface area (Å²) in [5, 5.41) is 4.58. The molecule has 176 valence electrons. The maximum absolute atomic E-state index is 13.0. The zero-order valence-corrected chi connectivity index (χ0v) is 20.2. The number of imidazole rings is 1. The Kier molecular flexibility index (Phi) is 5.97. The number of halogens is 1. The van der Waals surface area contributed by atoms with Gasteiger partial charge in [-0.3, -0.25) is 9.69 Å². The highest BCUT2D eigenvalue weighted by Gasteiger charge is 2.34. The molecule has 0 aliphatic carbocycles. The van der Waals surface area contributed by atoms with Gasteiger partial charge < -0.3 is 19.8 Å². The zero-order valence-electron chi connectivity index (χ0n) is 19.4. The molecule has 1 aliphatic heterocycles. The summed E-state index contributed by atoms with van der Waals surface area (Å²) in [5.41, 5.74) is 3.50. The number of H-pyrrole nitrogens is 1. The fourth-order valence-corrected chi connectivity index (χ4v) is 4.66. The molecule has 0 bridgehead atoms. The van der Waals surface area contributed by atoms with Gasteiger partial charge in [-0.15, -0.1) is 0 Å². The Hall–Kier alpha value is -3.43. The number of hydrogen-bond donors (Lipinski definition) is 2. The minimum absolute atomic E-state index is 0.00317. The van der Waals surface area contributed by atoms with Crippen LogP contribution in [0, 0.1) is 0 Å². The van der Waals surface area contributed by atoms with Crippen LogP contribution in [-0.4, -0.2) is 72.4 Å². The number of amides is 1. The average molecular weight is 479 g/mol. The maximum Gasteiger partial charge on any atom is 0.270 e. The van der Waals surface area contributed by atoms with Crippen LogP contribution in [0.25, 0.3) is 22.3 Å². The largest absolute Gasteiger partial charge is 0.349 e. The summed E-state index contributed by atoms with van der Waals surface area (Å²) in [7, 11) is 1.91. The second kappa shape index (κ2) is 9.08. The predicted molar refractivity (Wildman–Crippen MR) is 133 cm³/mol. The summed E-state index contributed by atoms with van der Waals surface area (Å²) in [4.78, 5) is 33.7. The Labute approximate surface area is 202 Å². The molecule has 0 unspecified atom stereocenters. The zero-order chi connectivity index (χ0) is 23.8. The Morgan fingerprint density at radius 1 is 1.21 bits per heavy atom. The highest BCUT2D eigenvalue weighted by molar-refractivity contribution is 6.35. The monoisotopic (exact) mass is 478 g/mol. The summed E-state index contributed by atoms with van der Waals surface area (Å²) in [5.74, 6) is 0.435. The first-order chi connectivity index (χ1) is 16.4. The van der Waals surface area contributed by atoms with Gasteiger partial charge in [0.2, 0.25) is 5.95 Å². The van der Waals surface area contributed by atoms with Gasteiger partial charge in [0.05, 0.1) is 22.6 Å². The Bertz CT molecular complexity index is 1340. The van der Waals surface area contributed by atoms with Crippen LogP contribution in [0.3, 0.4) is 0 Å². The van der Waals surface area contributed by atoms with Crippen LogP contribution in [0.5, 0.6) is 0 Å². The van der Waals surface area contributed by atoms with Gasteiger partial charge in [0.25, 0.3) is 5.91 Å². The van der Waals surface area contributed by atoms with Crippen molar-refractivity contribution in [2.24, 2.45) is 7.05 Å². The lowest BCUT2D eigenvalue weighted by molar-refractivity contribution is 0.0291. The Morgan fingerprint density at radius 3 is 2.71 bits per heavy atom. The molecular formula is C24H27ClN8O. The average Bonchev–Trinajstić information content (AvgIpc) is 3.42. The summed E-state index contributed by atoms with van der Waals surface area (Å²) in [6.45, 7) is 7.80. The van der Waals surface area contributed by atoms with Gasteiger partial charge in [0.15, 0.2) is 0 Å². The number of likely N-dealkylation sites (N-methyl/N-ethyl adjacent to an activating group) is 1. The number of aromatic nitrogens is 5. The van der Waals surface area contributed by atoms with Gasteiger partial charge in [-0.05, 0) is 37.4 Å². The number of benzene rings is 1. The number of nitrogens with one attached hydrogen (secondary N) is 2. The van der Waals surface area contributed by atoms with E-state index in [1.165, 1.54) is 0 Å². The standard InChI is InChI=1S/C24H27ClN8O/c1-4-32(5-2)17-11-33(12-17)23(34)20-9-15-8-16(10-18(25)22(15)29-20)28-24-26-7-6-19(30-24)21-13-31(3)14-27-21/h6-10,13-14,17,29H,4-5,11-12H2,1-3H3,(H,26,28,30). The van der Waals surface area contributed by atoms with Gasteiger partial charge in [0.1, 0.15) is 11.4 Å². The number of likely N-dealkylation sites (tertiary alicyclic amines) is 1. The lowest BCUT2D eigenvalue weighted by atomic mass is 10.1. The molecule has 4 heterocycles. The molecule has 0 atom stereocenters. The van der Waals surface area contributed by atoms with Gasteiger partial charge >= 0.3 is 0 Å². The number of anilines is 2. The molecule has 1 fully saturated rings. The molecule has 3 aromatic heterocycles. The molecule has 1 aromatic carbocycles. The maximum atomic E-state index is 13.0. The molecule has 0 radical (unpaired) electrons. The number of carbonyl (C=O) groups is 1. The first kappa shape index (κ1) is 22.4. The topological polar surface area (TPSA) is 95.0 Å². The van der Waals surface area contributed by atoms with E-state index in [1.807, 2.05) is 40.9 Å². The highest BCUT2D eigenvalue weighted by Crippen LogP contribution is 2.30. The minimum atomic E-state index is -0.00317. The first-order valence-corrected chi connectivity index (χ1v) is 11.8. The van der Waals surface area contributed by atoms with E-state index in [4.69, 9.17) is 11.6 Å². The van der Waals surface area contributed by atoms with Gasteiger partial charge in [0, 0.05) is 49.6 Å². The normalized spacial score (nSPS) is 14.1. The second-order valence-corrected chi connectivity index (χ2v) is 8.91. The van der Waals surface area contributed by atoms with Crippen molar-refractivity contribution >= 4 is 40.0 Å². The Balaban J connectivity index is 1.34. The van der Waals surface area contributed by atoms with E-state index in [9.17, 15) is 4.79 Å². The lowest BCUT2D eigenvalue weighted by Gasteiger charge is -2.44. The van der Waals surface area contributed by atoms with Crippen LogP contribution >= 0.6 is 11.6 Å². The smallest absolute Gasteiger partial charge is 0.270 e. The summed E-state index contributed by atoms with van der Waals surface area (Å²) in [6, 6.07) is 7.83. The molecular weight excluding hydrogens is 452 g/mol. The first-order valence-electron chi connectivity index (χ1n) is 11.4. The fraction of sp³-hybridized carbons (Fsp3) is 0.333. The number of carbonyl (C=O) groups excluding carboxylic acids is 1. The van der Waals surface area contributed by atoms with Gasteiger partial charge in [-0.2, -0.15) is 0 Å². The van der Waals surface area contributed by atoms with Crippen molar-refractivity contribution in [3.8, 4) is 11.4 Å². The Morgan fingerprint density at radius 2 is 2.00 bits per heavy atom. The number of hydrogen-bond acceptors (Lipinski definition) is 6. The summed E-state index contributed by atoms with van der Waals surface area (Å²) >= 11 is 6.55. The van der Waals surface area contributed by atoms with Gasteiger partial charge in [-0.1, -0.05) is 25.4 Å². The van der Waals surface area contributed by atoms with Crippen LogP contribution in [0.4, 0.5) is 11.6 Å². The molecule has 10 heteroatoms. The van der Waals surface area contributed by atoms with Crippen LogP contribution in [0.2, 0.25) is 5.02 Å². The molecule has 1 aliphatic rings. The molecule has 9 nitrogen and oxygen atoms in total. The second-order valence-electron chi connectivity index (χ2n) is 8.51. The highest BCUT2D eigenvalue weighted by atomic mass is 35.5. The fourth-order valence-electron chi connectivity index (χ4n) is 4.39. The molecule has 5 rings (SSSR count). The third-order valence-corrected chi connectivity index (χ3v) is 6.57. The number of fused-ring (bicyclic) bond motifs is 1.